The lowest BCUT2D eigenvalue weighted by molar-refractivity contribution is -0.119. The third-order valence-corrected chi connectivity index (χ3v) is 8.68. The molecule has 1 unspecified atom stereocenters. The highest BCUT2D eigenvalue weighted by Gasteiger charge is 2.32. The minimum Gasteiger partial charge on any atom is -0.339 e. The number of benzene rings is 1. The van der Waals surface area contributed by atoms with Crippen LogP contribution in [0.3, 0.4) is 0 Å². The molecule has 0 bridgehead atoms. The van der Waals surface area contributed by atoms with E-state index in [0.29, 0.717) is 11.4 Å². The van der Waals surface area contributed by atoms with Crippen LogP contribution in [0.1, 0.15) is 54.0 Å². The van der Waals surface area contributed by atoms with E-state index in [2.05, 4.69) is 20.8 Å². The fourth-order valence-electron chi connectivity index (χ4n) is 5.16. The Labute approximate surface area is 234 Å². The highest BCUT2D eigenvalue weighted by molar-refractivity contribution is 7.48. The summed E-state index contributed by atoms with van der Waals surface area (Å²) >= 11 is 0. The van der Waals surface area contributed by atoms with Crippen LogP contribution in [0.5, 0.6) is 0 Å². The first-order valence-electron chi connectivity index (χ1n) is 13.3. The number of aryl methyl sites for hydroxylation is 2. The van der Waals surface area contributed by atoms with Gasteiger partial charge in [0.25, 0.3) is 5.91 Å². The van der Waals surface area contributed by atoms with Gasteiger partial charge in [0.2, 0.25) is 5.91 Å². The number of carbonyl (C=O) groups is 2. The minimum atomic E-state index is -3.64. The zero-order valence-corrected chi connectivity index (χ0v) is 24.4. The Morgan fingerprint density at radius 2 is 1.75 bits per heavy atom. The summed E-state index contributed by atoms with van der Waals surface area (Å²) in [7, 11) is 0.564. The first-order valence-corrected chi connectivity index (χ1v) is 14.7. The number of nitrogens with one attached hydrogen (secondary N) is 2. The fourth-order valence-corrected chi connectivity index (χ4v) is 5.77. The van der Waals surface area contributed by atoms with Crippen molar-refractivity contribution in [2.75, 3.05) is 19.5 Å². The molecule has 40 heavy (non-hydrogen) atoms. The Balaban J connectivity index is 1.48. The molecule has 2 amide bonds. The molecule has 1 atom stereocenters. The summed E-state index contributed by atoms with van der Waals surface area (Å²) in [5.74, 6) is -0.497. The maximum Gasteiger partial charge on any atom is 0.476 e. The molecule has 2 aromatic heterocycles. The Morgan fingerprint density at radius 1 is 1.07 bits per heavy atom. The Kier molecular flexibility index (Phi) is 9.57. The molecule has 3 aromatic rings. The molecule has 1 aromatic carbocycles. The molecule has 4 rings (SSSR count). The number of anilines is 1. The maximum atomic E-state index is 13.5. The van der Waals surface area contributed by atoms with Crippen LogP contribution in [0, 0.1) is 19.8 Å². The largest absolute Gasteiger partial charge is 0.476 e. The predicted molar refractivity (Wildman–Crippen MR) is 150 cm³/mol. The highest BCUT2D eigenvalue weighted by atomic mass is 31.2. The van der Waals surface area contributed by atoms with E-state index in [1.54, 1.807) is 24.0 Å². The molecular formula is C27H37N6O6P. The van der Waals surface area contributed by atoms with Gasteiger partial charge in [-0.3, -0.25) is 27.8 Å². The average Bonchev–Trinajstić information content (AvgIpc) is 3.52. The molecule has 1 fully saturated rings. The van der Waals surface area contributed by atoms with Crippen molar-refractivity contribution in [1.82, 2.24) is 24.9 Å². The molecule has 2 N–H and O–H groups in total. The zero-order valence-electron chi connectivity index (χ0n) is 23.5. The molecule has 0 saturated heterocycles. The lowest BCUT2D eigenvalue weighted by atomic mass is 9.83. The van der Waals surface area contributed by atoms with Crippen molar-refractivity contribution in [2.45, 2.75) is 58.7 Å². The van der Waals surface area contributed by atoms with E-state index < -0.39 is 13.9 Å². The number of phosphoric ester groups is 1. The van der Waals surface area contributed by atoms with Gasteiger partial charge in [-0.25, -0.2) is 9.25 Å². The van der Waals surface area contributed by atoms with Crippen LogP contribution in [0.25, 0.3) is 11.1 Å². The van der Waals surface area contributed by atoms with Crippen molar-refractivity contribution in [3.05, 3.63) is 53.6 Å². The van der Waals surface area contributed by atoms with Gasteiger partial charge in [0.1, 0.15) is 11.7 Å². The molecule has 0 spiro atoms. The second-order valence-corrected chi connectivity index (χ2v) is 11.8. The minimum absolute atomic E-state index is 0.0649. The van der Waals surface area contributed by atoms with Crippen molar-refractivity contribution in [3.63, 3.8) is 0 Å². The van der Waals surface area contributed by atoms with Crippen molar-refractivity contribution in [2.24, 2.45) is 13.0 Å². The highest BCUT2D eigenvalue weighted by Crippen LogP contribution is 2.48. The van der Waals surface area contributed by atoms with Crippen molar-refractivity contribution in [3.8, 4) is 11.1 Å². The van der Waals surface area contributed by atoms with Gasteiger partial charge in [0.05, 0.1) is 5.69 Å². The van der Waals surface area contributed by atoms with E-state index in [9.17, 15) is 14.2 Å². The van der Waals surface area contributed by atoms with Crippen LogP contribution in [-0.4, -0.2) is 51.6 Å². The van der Waals surface area contributed by atoms with E-state index in [1.807, 2.05) is 38.1 Å². The smallest absolute Gasteiger partial charge is 0.339 e. The van der Waals surface area contributed by atoms with Crippen molar-refractivity contribution >= 4 is 25.3 Å². The molecule has 0 aliphatic heterocycles. The molecule has 1 aliphatic carbocycles. The number of hydrogen-bond acceptors (Lipinski definition) is 8. The quantitative estimate of drug-likeness (QED) is 0.318. The summed E-state index contributed by atoms with van der Waals surface area (Å²) in [6, 6.07) is 8.43. The van der Waals surface area contributed by atoms with Crippen molar-refractivity contribution in [1.29, 1.82) is 0 Å². The van der Waals surface area contributed by atoms with E-state index in [4.69, 9.17) is 13.6 Å². The van der Waals surface area contributed by atoms with E-state index in [-0.39, 0.29) is 24.5 Å². The lowest BCUT2D eigenvalue weighted by Crippen LogP contribution is -2.49. The van der Waals surface area contributed by atoms with Crippen LogP contribution < -0.4 is 10.6 Å². The standard InChI is InChI=1S/C27H37N6O6P/c1-18-24(19(2)33(31-18)17-39-40(36,37-4)38-5)20-11-13-22(14-12-20)29-27(35)25(21-9-7-6-8-10-21)30-26(34)23-15-16-28-32(23)3/h11-16,21,25H,6-10,17H2,1-5H3,(H,29,35)(H,30,34). The number of rotatable bonds is 11. The number of amides is 2. The van der Waals surface area contributed by atoms with E-state index >= 15 is 0 Å². The van der Waals surface area contributed by atoms with Crippen LogP contribution >= 0.6 is 7.82 Å². The van der Waals surface area contributed by atoms with Gasteiger partial charge in [0.15, 0.2) is 6.73 Å². The van der Waals surface area contributed by atoms with Gasteiger partial charge >= 0.3 is 7.82 Å². The van der Waals surface area contributed by atoms with Crippen molar-refractivity contribution < 1.29 is 27.7 Å². The van der Waals surface area contributed by atoms with Crippen LogP contribution in [0.2, 0.25) is 0 Å². The maximum absolute atomic E-state index is 13.5. The molecule has 1 aliphatic rings. The summed E-state index contributed by atoms with van der Waals surface area (Å²) in [5, 5.41) is 14.5. The number of hydrogen-bond donors (Lipinski definition) is 2. The van der Waals surface area contributed by atoms with Gasteiger partial charge in [-0.1, -0.05) is 31.4 Å². The topological polar surface area (TPSA) is 139 Å². The second kappa shape index (κ2) is 12.9. The molecule has 12 nitrogen and oxygen atoms in total. The number of nitrogens with zero attached hydrogens (tertiary/aromatic N) is 4. The summed E-state index contributed by atoms with van der Waals surface area (Å²) in [4.78, 5) is 26.4. The SMILES string of the molecule is COP(=O)(OC)OCn1nc(C)c(-c2ccc(NC(=O)C(NC(=O)c3ccnn3C)C3CCCCC3)cc2)c1C. The molecule has 0 radical (unpaired) electrons. The number of aromatic nitrogens is 4. The monoisotopic (exact) mass is 572 g/mol. The van der Waals surface area contributed by atoms with Crippen LogP contribution in [0.4, 0.5) is 5.69 Å². The first-order chi connectivity index (χ1) is 19.2. The Morgan fingerprint density at radius 3 is 2.35 bits per heavy atom. The van der Waals surface area contributed by atoms with Gasteiger partial charge in [-0.05, 0) is 56.4 Å². The molecule has 13 heteroatoms. The number of phosphoric acid groups is 1. The Bertz CT molecular complexity index is 1370. The normalized spacial score (nSPS) is 15.1. The summed E-state index contributed by atoms with van der Waals surface area (Å²) in [5.41, 5.74) is 4.39. The summed E-state index contributed by atoms with van der Waals surface area (Å²) in [6.45, 7) is 3.66. The first kappa shape index (κ1) is 29.7. The number of carbonyl (C=O) groups excluding carboxylic acids is 2. The average molecular weight is 573 g/mol. The lowest BCUT2D eigenvalue weighted by Gasteiger charge is -2.30. The molecule has 2 heterocycles. The van der Waals surface area contributed by atoms with E-state index in [1.165, 1.54) is 18.9 Å². The van der Waals surface area contributed by atoms with Gasteiger partial charge < -0.3 is 10.6 Å². The van der Waals surface area contributed by atoms with Crippen LogP contribution in [0.15, 0.2) is 36.5 Å². The molecule has 216 valence electrons. The third kappa shape index (κ3) is 6.69. The van der Waals surface area contributed by atoms with E-state index in [0.717, 1.165) is 54.6 Å². The van der Waals surface area contributed by atoms with Gasteiger partial charge in [-0.15, -0.1) is 0 Å². The van der Waals surface area contributed by atoms with Gasteiger partial charge in [-0.2, -0.15) is 10.2 Å². The summed E-state index contributed by atoms with van der Waals surface area (Å²) in [6.07, 6.45) is 6.55. The summed E-state index contributed by atoms with van der Waals surface area (Å²) < 4.78 is 30.3. The van der Waals surface area contributed by atoms with Gasteiger partial charge in [0, 0.05) is 44.4 Å². The predicted octanol–water partition coefficient (Wildman–Crippen LogP) is 4.59. The fraction of sp³-hybridized carbons (Fsp3) is 0.481. The molecule has 1 saturated carbocycles. The zero-order chi connectivity index (χ0) is 28.9. The molecular weight excluding hydrogens is 535 g/mol. The Hall–Kier alpha value is -3.31. The third-order valence-electron chi connectivity index (χ3n) is 7.35. The second-order valence-electron chi connectivity index (χ2n) is 9.87. The van der Waals surface area contributed by atoms with Crippen LogP contribution in [-0.2, 0) is 36.7 Å².